The second-order valence-electron chi connectivity index (χ2n) is 6.17. The largest absolute Gasteiger partial charge is 0.337 e. The molecule has 4 rings (SSSR count). The Morgan fingerprint density at radius 2 is 1.54 bits per heavy atom. The molecule has 1 aliphatic carbocycles. The first kappa shape index (κ1) is 14.7. The van der Waals surface area contributed by atoms with Crippen molar-refractivity contribution in [3.8, 4) is 0 Å². The topological polar surface area (TPSA) is 17.8 Å². The molecule has 0 fully saturated rings. The lowest BCUT2D eigenvalue weighted by molar-refractivity contribution is 0.619. The predicted octanol–water partition coefficient (Wildman–Crippen LogP) is 4.64. The number of aryl methyl sites for hydroxylation is 1. The molecule has 0 spiro atoms. The number of aromatic nitrogens is 2. The van der Waals surface area contributed by atoms with Crippen molar-refractivity contribution in [3.05, 3.63) is 114 Å². The van der Waals surface area contributed by atoms with Crippen LogP contribution >= 0.6 is 0 Å². The van der Waals surface area contributed by atoms with Crippen LogP contribution in [0.4, 0.5) is 0 Å². The fraction of sp³-hybridized carbons (Fsp3) is 0.136. The number of hydrogen-bond acceptors (Lipinski definition) is 1. The molecule has 0 radical (unpaired) electrons. The van der Waals surface area contributed by atoms with Gasteiger partial charge in [-0.15, -0.1) is 0 Å². The van der Waals surface area contributed by atoms with E-state index in [1.807, 2.05) is 12.4 Å². The fourth-order valence-corrected chi connectivity index (χ4v) is 3.77. The Labute approximate surface area is 142 Å². The molecule has 2 aromatic carbocycles. The summed E-state index contributed by atoms with van der Waals surface area (Å²) in [6.45, 7) is 0. The summed E-state index contributed by atoms with van der Waals surface area (Å²) in [6, 6.07) is 21.4. The SMILES string of the molecule is Cn1ccnc1C(C1=CC=CC1)(c1ccccc1)c1ccccc1. The lowest BCUT2D eigenvalue weighted by Crippen LogP contribution is -2.34. The van der Waals surface area contributed by atoms with Crippen LogP contribution in [0, 0.1) is 0 Å². The minimum Gasteiger partial charge on any atom is -0.337 e. The minimum atomic E-state index is -0.371. The maximum absolute atomic E-state index is 4.78. The molecule has 24 heavy (non-hydrogen) atoms. The molecule has 0 saturated carbocycles. The molecule has 1 aliphatic rings. The van der Waals surface area contributed by atoms with E-state index in [0.29, 0.717) is 0 Å². The van der Waals surface area contributed by atoms with Crippen LogP contribution in [0.3, 0.4) is 0 Å². The molecule has 0 unspecified atom stereocenters. The first-order valence-corrected chi connectivity index (χ1v) is 8.28. The quantitative estimate of drug-likeness (QED) is 0.686. The summed E-state index contributed by atoms with van der Waals surface area (Å²) in [5.41, 5.74) is 3.49. The van der Waals surface area contributed by atoms with Crippen molar-refractivity contribution in [3.63, 3.8) is 0 Å². The zero-order valence-corrected chi connectivity index (χ0v) is 13.8. The van der Waals surface area contributed by atoms with Gasteiger partial charge in [-0.25, -0.2) is 4.98 Å². The highest BCUT2D eigenvalue weighted by Gasteiger charge is 2.42. The Hall–Kier alpha value is -2.87. The molecule has 0 atom stereocenters. The average Bonchev–Trinajstić information content (AvgIpc) is 3.31. The van der Waals surface area contributed by atoms with Gasteiger partial charge in [-0.1, -0.05) is 78.9 Å². The van der Waals surface area contributed by atoms with E-state index in [0.717, 1.165) is 12.2 Å². The summed E-state index contributed by atoms with van der Waals surface area (Å²) in [6.07, 6.45) is 11.5. The molecule has 0 saturated heterocycles. The van der Waals surface area contributed by atoms with Gasteiger partial charge in [0.15, 0.2) is 0 Å². The number of allylic oxidation sites excluding steroid dienone is 4. The van der Waals surface area contributed by atoms with Crippen LogP contribution < -0.4 is 0 Å². The first-order chi connectivity index (χ1) is 11.8. The smallest absolute Gasteiger partial charge is 0.127 e. The molecule has 3 aromatic rings. The maximum atomic E-state index is 4.78. The first-order valence-electron chi connectivity index (χ1n) is 8.28. The Bertz CT molecular complexity index is 846. The Morgan fingerprint density at radius 3 is 2.00 bits per heavy atom. The molecule has 118 valence electrons. The molecule has 0 N–H and O–H groups in total. The summed E-state index contributed by atoms with van der Waals surface area (Å²) in [5, 5.41) is 0. The van der Waals surface area contributed by atoms with Crippen molar-refractivity contribution in [1.29, 1.82) is 0 Å². The second kappa shape index (κ2) is 5.97. The van der Waals surface area contributed by atoms with Crippen LogP contribution in [-0.2, 0) is 12.5 Å². The summed E-state index contributed by atoms with van der Waals surface area (Å²) in [7, 11) is 2.08. The minimum absolute atomic E-state index is 0.371. The van der Waals surface area contributed by atoms with Gasteiger partial charge in [-0.05, 0) is 23.1 Å². The van der Waals surface area contributed by atoms with E-state index in [1.54, 1.807) is 0 Å². The van der Waals surface area contributed by atoms with Gasteiger partial charge < -0.3 is 4.57 Å². The van der Waals surface area contributed by atoms with Crippen LogP contribution in [0.15, 0.2) is 96.9 Å². The maximum Gasteiger partial charge on any atom is 0.127 e. The lowest BCUT2D eigenvalue weighted by atomic mass is 9.67. The molecule has 0 aliphatic heterocycles. The molecule has 2 heteroatoms. The van der Waals surface area contributed by atoms with E-state index in [4.69, 9.17) is 4.98 Å². The van der Waals surface area contributed by atoms with Gasteiger partial charge in [0.05, 0.1) is 5.41 Å². The molecular formula is C22H20N2. The van der Waals surface area contributed by atoms with Gasteiger partial charge in [0, 0.05) is 19.4 Å². The predicted molar refractivity (Wildman–Crippen MR) is 97.8 cm³/mol. The van der Waals surface area contributed by atoms with Gasteiger partial charge in [-0.2, -0.15) is 0 Å². The number of nitrogens with zero attached hydrogens (tertiary/aromatic N) is 2. The zero-order valence-electron chi connectivity index (χ0n) is 13.8. The van der Waals surface area contributed by atoms with Gasteiger partial charge in [0.1, 0.15) is 5.82 Å². The normalized spacial score (nSPS) is 14.0. The molecule has 0 amide bonds. The Kier molecular flexibility index (Phi) is 3.66. The van der Waals surface area contributed by atoms with Crippen LogP contribution in [0.5, 0.6) is 0 Å². The van der Waals surface area contributed by atoms with Crippen LogP contribution in [0.25, 0.3) is 0 Å². The summed E-state index contributed by atoms with van der Waals surface area (Å²) >= 11 is 0. The van der Waals surface area contributed by atoms with E-state index >= 15 is 0 Å². The highest BCUT2D eigenvalue weighted by Crippen LogP contribution is 2.46. The van der Waals surface area contributed by atoms with Gasteiger partial charge >= 0.3 is 0 Å². The van der Waals surface area contributed by atoms with Crippen molar-refractivity contribution in [2.45, 2.75) is 11.8 Å². The second-order valence-corrected chi connectivity index (χ2v) is 6.17. The number of benzene rings is 2. The number of rotatable bonds is 4. The van der Waals surface area contributed by atoms with Crippen molar-refractivity contribution in [2.75, 3.05) is 0 Å². The molecular weight excluding hydrogens is 292 g/mol. The highest BCUT2D eigenvalue weighted by atomic mass is 15.1. The molecule has 1 aromatic heterocycles. The fourth-order valence-electron chi connectivity index (χ4n) is 3.77. The van der Waals surface area contributed by atoms with E-state index in [1.165, 1.54) is 16.7 Å². The molecule has 1 heterocycles. The third-order valence-electron chi connectivity index (χ3n) is 4.82. The van der Waals surface area contributed by atoms with Crippen LogP contribution in [0.2, 0.25) is 0 Å². The van der Waals surface area contributed by atoms with E-state index in [-0.39, 0.29) is 5.41 Å². The van der Waals surface area contributed by atoms with E-state index < -0.39 is 0 Å². The highest BCUT2D eigenvalue weighted by molar-refractivity contribution is 5.57. The standard InChI is InChI=1S/C22H20N2/c1-24-17-16-23-21(24)22(20-14-8-9-15-20,18-10-4-2-5-11-18)19-12-6-3-7-13-19/h2-14,16-17H,15H2,1H3. The number of imidazole rings is 1. The zero-order chi connectivity index (χ0) is 16.4. The average molecular weight is 312 g/mol. The Morgan fingerprint density at radius 1 is 0.917 bits per heavy atom. The van der Waals surface area contributed by atoms with Gasteiger partial charge in [-0.3, -0.25) is 0 Å². The van der Waals surface area contributed by atoms with E-state index in [9.17, 15) is 0 Å². The van der Waals surface area contributed by atoms with Crippen molar-refractivity contribution < 1.29 is 0 Å². The summed E-state index contributed by atoms with van der Waals surface area (Å²) in [5.74, 6) is 1.05. The van der Waals surface area contributed by atoms with Gasteiger partial charge in [0.25, 0.3) is 0 Å². The third-order valence-corrected chi connectivity index (χ3v) is 4.82. The number of hydrogen-bond donors (Lipinski definition) is 0. The van der Waals surface area contributed by atoms with Crippen molar-refractivity contribution in [2.24, 2.45) is 7.05 Å². The van der Waals surface area contributed by atoms with Gasteiger partial charge in [0.2, 0.25) is 0 Å². The van der Waals surface area contributed by atoms with Crippen LogP contribution in [-0.4, -0.2) is 9.55 Å². The summed E-state index contributed by atoms with van der Waals surface area (Å²) < 4.78 is 2.14. The van der Waals surface area contributed by atoms with E-state index in [2.05, 4.69) is 90.5 Å². The molecule has 2 nitrogen and oxygen atoms in total. The monoisotopic (exact) mass is 312 g/mol. The van der Waals surface area contributed by atoms with Crippen molar-refractivity contribution in [1.82, 2.24) is 9.55 Å². The summed E-state index contributed by atoms with van der Waals surface area (Å²) in [4.78, 5) is 4.78. The third kappa shape index (κ3) is 2.15. The molecule has 0 bridgehead atoms. The Balaban J connectivity index is 2.09. The lowest BCUT2D eigenvalue weighted by Gasteiger charge is -2.36. The van der Waals surface area contributed by atoms with Crippen molar-refractivity contribution >= 4 is 0 Å². The van der Waals surface area contributed by atoms with Crippen LogP contribution in [0.1, 0.15) is 23.4 Å².